The maximum Gasteiger partial charge on any atom is 0 e. The first kappa shape index (κ1) is 40.9. The molecular formula is C55H56GeIrN4O-2. The molecule has 62 heavy (non-hydrogen) atoms. The molecule has 0 unspecified atom stereocenters. The van der Waals surface area contributed by atoms with Crippen LogP contribution in [0.1, 0.15) is 91.2 Å². The van der Waals surface area contributed by atoms with Gasteiger partial charge in [-0.1, -0.05) is 87.2 Å². The van der Waals surface area contributed by atoms with E-state index in [1.54, 1.807) is 18.2 Å². The minimum Gasteiger partial charge on any atom is 0 e. The van der Waals surface area contributed by atoms with E-state index in [-0.39, 0.29) is 31.9 Å². The zero-order valence-corrected chi connectivity index (χ0v) is 41.8. The van der Waals surface area contributed by atoms with Gasteiger partial charge in [-0.2, -0.15) is 0 Å². The molecule has 0 aliphatic carbocycles. The second kappa shape index (κ2) is 18.3. The molecule has 0 saturated heterocycles. The van der Waals surface area contributed by atoms with E-state index in [0.29, 0.717) is 11.5 Å². The first-order chi connectivity index (χ1) is 30.4. The summed E-state index contributed by atoms with van der Waals surface area (Å²) in [5, 5.41) is 2.16. The predicted molar refractivity (Wildman–Crippen MR) is 259 cm³/mol. The Morgan fingerprint density at radius 1 is 0.726 bits per heavy atom. The van der Waals surface area contributed by atoms with Crippen molar-refractivity contribution in [3.63, 3.8) is 0 Å². The summed E-state index contributed by atoms with van der Waals surface area (Å²) < 4.78 is 32.6. The molecular weight excluding hydrogens is 997 g/mol. The van der Waals surface area contributed by atoms with Gasteiger partial charge in [0.2, 0.25) is 0 Å². The number of fused-ring (bicyclic) bond motifs is 4. The molecule has 0 N–H and O–H groups in total. The van der Waals surface area contributed by atoms with Crippen molar-refractivity contribution in [1.29, 1.82) is 0 Å². The third-order valence-corrected chi connectivity index (χ3v) is 15.8. The van der Waals surface area contributed by atoms with E-state index in [4.69, 9.17) is 13.5 Å². The number of benzene rings is 5. The van der Waals surface area contributed by atoms with Crippen molar-refractivity contribution in [2.75, 3.05) is 0 Å². The molecule has 317 valence electrons. The Labute approximate surface area is 388 Å². The molecule has 7 heteroatoms. The molecule has 4 heterocycles. The van der Waals surface area contributed by atoms with Crippen molar-refractivity contribution >= 4 is 50.6 Å². The number of furan rings is 1. The number of nitrogens with zero attached hydrogens (tertiary/aromatic N) is 4. The van der Waals surface area contributed by atoms with Crippen LogP contribution in [0.25, 0.3) is 72.4 Å². The van der Waals surface area contributed by atoms with Gasteiger partial charge in [0.05, 0.1) is 28.6 Å². The van der Waals surface area contributed by atoms with E-state index in [1.807, 2.05) is 36.8 Å². The third-order valence-electron chi connectivity index (χ3n) is 11.5. The Balaban J connectivity index is 0.000000225. The van der Waals surface area contributed by atoms with Gasteiger partial charge in [-0.05, 0) is 64.8 Å². The second-order valence-corrected chi connectivity index (χ2v) is 28.6. The van der Waals surface area contributed by atoms with Crippen LogP contribution in [0.5, 0.6) is 0 Å². The quantitative estimate of drug-likeness (QED) is 0.112. The fourth-order valence-electron chi connectivity index (χ4n) is 8.30. The van der Waals surface area contributed by atoms with E-state index in [2.05, 4.69) is 159 Å². The molecule has 0 aliphatic heterocycles. The Hall–Kier alpha value is -5.14. The minimum atomic E-state index is -2.09. The average molecular weight is 1060 g/mol. The zero-order chi connectivity index (χ0) is 45.7. The van der Waals surface area contributed by atoms with Gasteiger partial charge in [-0.25, -0.2) is 0 Å². The molecule has 0 spiro atoms. The van der Waals surface area contributed by atoms with Gasteiger partial charge in [-0.15, -0.1) is 18.2 Å². The second-order valence-electron chi connectivity index (χ2n) is 18.0. The largest absolute Gasteiger partial charge is 0 e. The summed E-state index contributed by atoms with van der Waals surface area (Å²) in [6.45, 7) is 13.5. The smallest absolute Gasteiger partial charge is 0 e. The first-order valence-corrected chi connectivity index (χ1v) is 28.7. The number of para-hydroxylation sites is 1. The predicted octanol–water partition coefficient (Wildman–Crippen LogP) is 14.5. The number of rotatable bonds is 8. The number of hydrogen-bond donors (Lipinski definition) is 0. The van der Waals surface area contributed by atoms with Crippen LogP contribution in [-0.2, 0) is 20.1 Å². The molecule has 0 aliphatic rings. The van der Waals surface area contributed by atoms with E-state index < -0.39 is 20.1 Å². The molecule has 0 fully saturated rings. The van der Waals surface area contributed by atoms with Gasteiger partial charge in [0.15, 0.2) is 0 Å². The van der Waals surface area contributed by atoms with Crippen molar-refractivity contribution in [2.24, 2.45) is 0 Å². The van der Waals surface area contributed by atoms with Crippen molar-refractivity contribution in [1.82, 2.24) is 19.5 Å². The average Bonchev–Trinajstić information content (AvgIpc) is 3.85. The SMILES string of the molecule is Cc1cncc2c1nc(-c1[c-]ccc3c1oc1ccccc13)n2-c1c(C(C)C)cc(-c2ccccc2)cc1C(C)C.[2H]C([2H])([2H])c1c[c-]c(-c2cc(C(C)C)[c]([Ge]([CH3])([CH3])[CH3])cn2)cc1.[Ir]. The van der Waals surface area contributed by atoms with Crippen LogP contribution in [0.4, 0.5) is 0 Å². The number of hydrogen-bond acceptors (Lipinski definition) is 4. The molecule has 9 aromatic rings. The Bertz CT molecular complexity index is 3100. The van der Waals surface area contributed by atoms with E-state index in [9.17, 15) is 0 Å². The van der Waals surface area contributed by atoms with Crippen LogP contribution in [0.2, 0.25) is 17.3 Å². The van der Waals surface area contributed by atoms with Gasteiger partial charge in [-0.3, -0.25) is 9.97 Å². The van der Waals surface area contributed by atoms with Crippen LogP contribution in [0.15, 0.2) is 126 Å². The van der Waals surface area contributed by atoms with Gasteiger partial charge in [0.25, 0.3) is 0 Å². The number of pyridine rings is 2. The van der Waals surface area contributed by atoms with Crippen LogP contribution >= 0.6 is 0 Å². The van der Waals surface area contributed by atoms with Crippen molar-refractivity contribution < 1.29 is 28.6 Å². The fraction of sp³-hybridized carbons (Fsp3) is 0.255. The normalized spacial score (nSPS) is 12.7. The monoisotopic (exact) mass is 1060 g/mol. The topological polar surface area (TPSA) is 56.7 Å². The van der Waals surface area contributed by atoms with Gasteiger partial charge >= 0.3 is 130 Å². The Kier molecular flexibility index (Phi) is 12.1. The minimum absolute atomic E-state index is 0. The summed E-state index contributed by atoms with van der Waals surface area (Å²) in [5.41, 5.74) is 15.0. The molecule has 0 saturated carbocycles. The number of imidazole rings is 1. The van der Waals surface area contributed by atoms with Gasteiger partial charge in [0.1, 0.15) is 5.58 Å². The summed E-state index contributed by atoms with van der Waals surface area (Å²) in [6.07, 6.45) is 5.85. The summed E-state index contributed by atoms with van der Waals surface area (Å²) in [7, 11) is 0. The molecule has 4 aromatic heterocycles. The summed E-state index contributed by atoms with van der Waals surface area (Å²) in [6, 6.07) is 41.3. The fourth-order valence-corrected chi connectivity index (χ4v) is 11.8. The van der Waals surface area contributed by atoms with Crippen LogP contribution in [-0.4, -0.2) is 32.8 Å². The van der Waals surface area contributed by atoms with Crippen molar-refractivity contribution in [3.8, 4) is 39.5 Å². The van der Waals surface area contributed by atoms with E-state index in [1.165, 1.54) is 37.9 Å². The maximum absolute atomic E-state index is 7.44. The third kappa shape index (κ3) is 8.75. The van der Waals surface area contributed by atoms with Crippen LogP contribution < -0.4 is 4.40 Å². The van der Waals surface area contributed by atoms with Gasteiger partial charge in [0, 0.05) is 37.4 Å². The molecule has 1 radical (unpaired) electrons. The van der Waals surface area contributed by atoms with Crippen molar-refractivity contribution in [3.05, 3.63) is 162 Å². The zero-order valence-electron chi connectivity index (χ0n) is 40.3. The standard InChI is InChI=1S/C37H32N3O.C18H24GeN.Ir/c1-22(2)30-18-26(25-12-7-6-8-13-25)19-31(23(3)4)35(30)40-32-21-38-20-24(5)34(32)39-37(40)29-16-11-15-28-27-14-9-10-17-33(27)41-36(28)29;1-13(2)16-11-18(15-9-7-14(3)8-10-15)20-12-17(16)19(4,5)6;/h6-15,17-23H,1-5H3;7-9,11-13H,1-6H3;/q2*-1;/i;3D3;. The molecule has 0 bridgehead atoms. The molecule has 9 rings (SSSR count). The number of aromatic nitrogens is 4. The summed E-state index contributed by atoms with van der Waals surface area (Å²) in [4.78, 5) is 14.5. The van der Waals surface area contributed by atoms with E-state index in [0.717, 1.165) is 61.2 Å². The molecule has 5 nitrogen and oxygen atoms in total. The molecule has 5 aromatic carbocycles. The molecule has 0 atom stereocenters. The summed E-state index contributed by atoms with van der Waals surface area (Å²) in [5.74, 6) is 8.94. The van der Waals surface area contributed by atoms with Crippen LogP contribution in [0.3, 0.4) is 0 Å². The van der Waals surface area contributed by atoms with Crippen molar-refractivity contribution in [2.45, 2.75) is 90.3 Å². The Morgan fingerprint density at radius 3 is 2.06 bits per heavy atom. The number of aryl methyl sites for hydroxylation is 2. The first-order valence-electron chi connectivity index (χ1n) is 22.8. The van der Waals surface area contributed by atoms with Gasteiger partial charge < -0.3 is 8.98 Å². The van der Waals surface area contributed by atoms with Crippen LogP contribution in [0, 0.1) is 25.9 Å². The van der Waals surface area contributed by atoms with E-state index >= 15 is 0 Å². The molecule has 0 amide bonds. The summed E-state index contributed by atoms with van der Waals surface area (Å²) >= 11 is -1.97. The maximum atomic E-state index is 7.44. The Morgan fingerprint density at radius 2 is 1.42 bits per heavy atom.